The van der Waals surface area contributed by atoms with Crippen molar-refractivity contribution in [3.8, 4) is 0 Å². The van der Waals surface area contributed by atoms with Gasteiger partial charge in [-0.25, -0.2) is 0 Å². The fraction of sp³-hybridized carbons (Fsp3) is 0.375. The highest BCUT2D eigenvalue weighted by atomic mass is 32.1. The minimum Gasteiger partial charge on any atom is -0.371 e. The van der Waals surface area contributed by atoms with Gasteiger partial charge in [0.25, 0.3) is 0 Å². The zero-order valence-electron chi connectivity index (χ0n) is 11.8. The van der Waals surface area contributed by atoms with E-state index in [4.69, 9.17) is 5.73 Å². The van der Waals surface area contributed by atoms with Crippen LogP contribution in [0.5, 0.6) is 0 Å². The zero-order valence-corrected chi connectivity index (χ0v) is 12.7. The highest BCUT2D eigenvalue weighted by Gasteiger charge is 2.15. The molecule has 2 unspecified atom stereocenters. The van der Waals surface area contributed by atoms with Crippen LogP contribution in [0.15, 0.2) is 41.8 Å². The number of nitrogens with two attached hydrogens (primary N) is 1. The first-order valence-corrected chi connectivity index (χ1v) is 7.57. The Labute approximate surface area is 119 Å². The minimum atomic E-state index is 0.0626. The summed E-state index contributed by atoms with van der Waals surface area (Å²) in [4.78, 5) is 3.76. The average Bonchev–Trinajstić information content (AvgIpc) is 2.90. The highest BCUT2D eigenvalue weighted by molar-refractivity contribution is 7.09. The standard InChI is InChI=1S/C16H22N2S/c1-12(11-14-7-6-10-19-14)18(3)16-9-5-4-8-15(16)13(2)17/h4-10,12-13H,11,17H2,1-3H3. The Balaban J connectivity index is 2.16. The second kappa shape index (κ2) is 6.22. The van der Waals surface area contributed by atoms with Crippen LogP contribution < -0.4 is 10.6 Å². The van der Waals surface area contributed by atoms with Gasteiger partial charge in [-0.2, -0.15) is 0 Å². The quantitative estimate of drug-likeness (QED) is 0.897. The number of nitrogens with zero attached hydrogens (tertiary/aromatic N) is 1. The Hall–Kier alpha value is -1.32. The van der Waals surface area contributed by atoms with Crippen molar-refractivity contribution in [1.29, 1.82) is 0 Å². The molecular formula is C16H22N2S. The Kier molecular flexibility index (Phi) is 4.61. The molecule has 0 spiro atoms. The van der Waals surface area contributed by atoms with E-state index >= 15 is 0 Å². The summed E-state index contributed by atoms with van der Waals surface area (Å²) in [5.41, 5.74) is 8.51. The summed E-state index contributed by atoms with van der Waals surface area (Å²) in [5, 5.41) is 2.14. The smallest absolute Gasteiger partial charge is 0.0414 e. The molecular weight excluding hydrogens is 252 g/mol. The van der Waals surface area contributed by atoms with Gasteiger partial charge >= 0.3 is 0 Å². The number of benzene rings is 1. The molecule has 2 aromatic rings. The van der Waals surface area contributed by atoms with E-state index in [9.17, 15) is 0 Å². The first-order chi connectivity index (χ1) is 9.09. The minimum absolute atomic E-state index is 0.0626. The van der Waals surface area contributed by atoms with Gasteiger partial charge < -0.3 is 10.6 Å². The van der Waals surface area contributed by atoms with Crippen molar-refractivity contribution < 1.29 is 0 Å². The van der Waals surface area contributed by atoms with Gasteiger partial charge in [-0.3, -0.25) is 0 Å². The van der Waals surface area contributed by atoms with Crippen molar-refractivity contribution >= 4 is 17.0 Å². The van der Waals surface area contributed by atoms with Gasteiger partial charge in [0, 0.05) is 36.1 Å². The molecule has 2 atom stereocenters. The molecule has 102 valence electrons. The van der Waals surface area contributed by atoms with E-state index in [1.165, 1.54) is 16.1 Å². The predicted octanol–water partition coefficient (Wildman–Crippen LogP) is 3.84. The lowest BCUT2D eigenvalue weighted by molar-refractivity contribution is 0.679. The molecule has 0 amide bonds. The lowest BCUT2D eigenvalue weighted by Crippen LogP contribution is -2.31. The topological polar surface area (TPSA) is 29.3 Å². The van der Waals surface area contributed by atoms with Crippen LogP contribution in [-0.4, -0.2) is 13.1 Å². The van der Waals surface area contributed by atoms with Crippen molar-refractivity contribution in [1.82, 2.24) is 0 Å². The molecule has 0 fully saturated rings. The van der Waals surface area contributed by atoms with Crippen LogP contribution in [0.1, 0.15) is 30.3 Å². The number of likely N-dealkylation sites (N-methyl/N-ethyl adjacent to an activating group) is 1. The summed E-state index contributed by atoms with van der Waals surface area (Å²) in [6.07, 6.45) is 1.07. The molecule has 0 saturated heterocycles. The largest absolute Gasteiger partial charge is 0.371 e. The lowest BCUT2D eigenvalue weighted by atomic mass is 10.0. The van der Waals surface area contributed by atoms with Gasteiger partial charge in [-0.05, 0) is 36.9 Å². The summed E-state index contributed by atoms with van der Waals surface area (Å²) in [7, 11) is 2.15. The number of para-hydroxylation sites is 1. The maximum Gasteiger partial charge on any atom is 0.0414 e. The molecule has 1 aromatic carbocycles. The molecule has 2 nitrogen and oxygen atoms in total. The van der Waals surface area contributed by atoms with Gasteiger partial charge in [0.1, 0.15) is 0 Å². The molecule has 2 N–H and O–H groups in total. The van der Waals surface area contributed by atoms with E-state index in [0.717, 1.165) is 6.42 Å². The van der Waals surface area contributed by atoms with Crippen molar-refractivity contribution in [3.05, 3.63) is 52.2 Å². The Morgan fingerprint density at radius 1 is 1.16 bits per heavy atom. The van der Waals surface area contributed by atoms with Crippen molar-refractivity contribution in [2.45, 2.75) is 32.4 Å². The highest BCUT2D eigenvalue weighted by Crippen LogP contribution is 2.26. The van der Waals surface area contributed by atoms with Crippen LogP contribution >= 0.6 is 11.3 Å². The van der Waals surface area contributed by atoms with Crippen LogP contribution in [0, 0.1) is 0 Å². The SMILES string of the molecule is CC(N)c1ccccc1N(C)C(C)Cc1cccs1. The van der Waals surface area contributed by atoms with Crippen LogP contribution in [0.4, 0.5) is 5.69 Å². The third kappa shape index (κ3) is 3.37. The summed E-state index contributed by atoms with van der Waals surface area (Å²) in [6, 6.07) is 13.2. The first-order valence-electron chi connectivity index (χ1n) is 6.69. The number of anilines is 1. The fourth-order valence-electron chi connectivity index (χ4n) is 2.29. The van der Waals surface area contributed by atoms with Crippen LogP contribution in [0.3, 0.4) is 0 Å². The van der Waals surface area contributed by atoms with Gasteiger partial charge in [0.15, 0.2) is 0 Å². The Morgan fingerprint density at radius 3 is 2.53 bits per heavy atom. The second-order valence-electron chi connectivity index (χ2n) is 5.09. The fourth-order valence-corrected chi connectivity index (χ4v) is 3.11. The number of rotatable bonds is 5. The van der Waals surface area contributed by atoms with E-state index in [1.54, 1.807) is 0 Å². The molecule has 1 aromatic heterocycles. The van der Waals surface area contributed by atoms with Gasteiger partial charge in [0.2, 0.25) is 0 Å². The Bertz CT molecular complexity index is 505. The number of hydrogen-bond acceptors (Lipinski definition) is 3. The molecule has 0 aliphatic heterocycles. The van der Waals surface area contributed by atoms with E-state index in [2.05, 4.69) is 60.6 Å². The van der Waals surface area contributed by atoms with Crippen LogP contribution in [0.25, 0.3) is 0 Å². The molecule has 0 bridgehead atoms. The van der Waals surface area contributed by atoms with E-state index in [0.29, 0.717) is 6.04 Å². The first kappa shape index (κ1) is 14.1. The van der Waals surface area contributed by atoms with Crippen molar-refractivity contribution in [2.75, 3.05) is 11.9 Å². The second-order valence-corrected chi connectivity index (χ2v) is 6.12. The van der Waals surface area contributed by atoms with E-state index < -0.39 is 0 Å². The molecule has 0 aliphatic carbocycles. The third-order valence-electron chi connectivity index (χ3n) is 3.55. The summed E-state index contributed by atoms with van der Waals surface area (Å²) in [5.74, 6) is 0. The molecule has 0 aliphatic rings. The number of thiophene rings is 1. The van der Waals surface area contributed by atoms with Gasteiger partial charge in [-0.15, -0.1) is 11.3 Å². The molecule has 0 saturated carbocycles. The van der Waals surface area contributed by atoms with Crippen molar-refractivity contribution in [2.24, 2.45) is 5.73 Å². The monoisotopic (exact) mass is 274 g/mol. The maximum atomic E-state index is 6.06. The molecule has 2 rings (SSSR count). The normalized spacial score (nSPS) is 14.1. The maximum absolute atomic E-state index is 6.06. The molecule has 3 heteroatoms. The average molecular weight is 274 g/mol. The van der Waals surface area contributed by atoms with Gasteiger partial charge in [0.05, 0.1) is 0 Å². The van der Waals surface area contributed by atoms with E-state index in [1.807, 2.05) is 18.3 Å². The zero-order chi connectivity index (χ0) is 13.8. The third-order valence-corrected chi connectivity index (χ3v) is 4.44. The van der Waals surface area contributed by atoms with Crippen LogP contribution in [-0.2, 0) is 6.42 Å². The predicted molar refractivity (Wildman–Crippen MR) is 84.9 cm³/mol. The van der Waals surface area contributed by atoms with Gasteiger partial charge in [-0.1, -0.05) is 24.3 Å². The van der Waals surface area contributed by atoms with Crippen molar-refractivity contribution in [3.63, 3.8) is 0 Å². The molecule has 0 radical (unpaired) electrons. The van der Waals surface area contributed by atoms with E-state index in [-0.39, 0.29) is 6.04 Å². The van der Waals surface area contributed by atoms with Crippen LogP contribution in [0.2, 0.25) is 0 Å². The summed E-state index contributed by atoms with van der Waals surface area (Å²) >= 11 is 1.82. The molecule has 19 heavy (non-hydrogen) atoms. The molecule has 1 heterocycles. The summed E-state index contributed by atoms with van der Waals surface area (Å²) < 4.78 is 0. The lowest BCUT2D eigenvalue weighted by Gasteiger charge is -2.29. The summed E-state index contributed by atoms with van der Waals surface area (Å²) in [6.45, 7) is 4.30. The Morgan fingerprint density at radius 2 is 1.89 bits per heavy atom. The number of hydrogen-bond donors (Lipinski definition) is 1.